The van der Waals surface area contributed by atoms with Crippen molar-refractivity contribution in [3.05, 3.63) is 69.9 Å². The van der Waals surface area contributed by atoms with Crippen LogP contribution in [-0.4, -0.2) is 33.7 Å². The van der Waals surface area contributed by atoms with Crippen molar-refractivity contribution in [1.82, 2.24) is 15.3 Å². The Morgan fingerprint density at radius 1 is 1.23 bits per heavy atom. The number of amides is 1. The van der Waals surface area contributed by atoms with Crippen molar-refractivity contribution in [3.63, 3.8) is 0 Å². The monoisotopic (exact) mass is 413 g/mol. The number of carbonyl (C=O) groups excluding carboxylic acids is 2. The Kier molecular flexibility index (Phi) is 6.51. The number of aromatic amines is 1. The van der Waals surface area contributed by atoms with Gasteiger partial charge in [-0.3, -0.25) is 4.79 Å². The van der Waals surface area contributed by atoms with Gasteiger partial charge in [0.2, 0.25) is 5.75 Å². The van der Waals surface area contributed by atoms with E-state index in [0.717, 1.165) is 5.56 Å². The molecule has 30 heavy (non-hydrogen) atoms. The van der Waals surface area contributed by atoms with Gasteiger partial charge in [-0.05, 0) is 31.7 Å². The van der Waals surface area contributed by atoms with E-state index in [2.05, 4.69) is 15.3 Å². The first-order chi connectivity index (χ1) is 14.4. The van der Waals surface area contributed by atoms with Gasteiger partial charge in [0.15, 0.2) is 5.69 Å². The number of allylic oxidation sites excluding steroid dienone is 1. The summed E-state index contributed by atoms with van der Waals surface area (Å²) in [5.41, 5.74) is -1.66. The number of rotatable bonds is 6. The highest BCUT2D eigenvalue weighted by atomic mass is 16.5. The predicted molar refractivity (Wildman–Crippen MR) is 107 cm³/mol. The molecule has 1 atom stereocenters. The summed E-state index contributed by atoms with van der Waals surface area (Å²) >= 11 is 0. The van der Waals surface area contributed by atoms with Crippen LogP contribution in [0.25, 0.3) is 0 Å². The molecular formula is C21H23N3O6. The Morgan fingerprint density at radius 2 is 2.00 bits per heavy atom. The molecule has 1 aliphatic carbocycles. The van der Waals surface area contributed by atoms with E-state index in [1.54, 1.807) is 6.92 Å². The number of hydrogen-bond donors (Lipinski definition) is 3. The number of ether oxygens (including phenoxy) is 2. The van der Waals surface area contributed by atoms with Crippen LogP contribution in [0.1, 0.15) is 48.1 Å². The maximum absolute atomic E-state index is 12.5. The third kappa shape index (κ3) is 4.68. The number of alkyl carbamates (subject to hydrolysis) is 1. The topological polar surface area (TPSA) is 131 Å². The van der Waals surface area contributed by atoms with Crippen LogP contribution in [0.2, 0.25) is 0 Å². The number of carbonyl (C=O) groups is 2. The van der Waals surface area contributed by atoms with Gasteiger partial charge in [0, 0.05) is 0 Å². The molecule has 158 valence electrons. The molecule has 0 spiro atoms. The van der Waals surface area contributed by atoms with Crippen LogP contribution < -0.4 is 10.9 Å². The molecular weight excluding hydrogens is 390 g/mol. The maximum atomic E-state index is 12.5. The van der Waals surface area contributed by atoms with E-state index >= 15 is 0 Å². The van der Waals surface area contributed by atoms with Crippen molar-refractivity contribution in [2.75, 3.05) is 6.61 Å². The largest absolute Gasteiger partial charge is 0.501 e. The van der Waals surface area contributed by atoms with Crippen molar-refractivity contribution >= 4 is 12.1 Å². The Morgan fingerprint density at radius 3 is 2.67 bits per heavy atom. The quantitative estimate of drug-likeness (QED) is 0.490. The highest BCUT2D eigenvalue weighted by Crippen LogP contribution is 2.32. The third-order valence-electron chi connectivity index (χ3n) is 4.74. The van der Waals surface area contributed by atoms with Crippen LogP contribution in [0, 0.1) is 0 Å². The maximum Gasteiger partial charge on any atom is 0.408 e. The standard InChI is InChI=1S/C21H23N3O6/c1-2-29-18(27)15-16(25)17(26)23-19(22-15)21(11-7-4-8-12-21)24-20(28)30-13-14-9-5-3-6-10-14/h3-7,9-10,25H,2,8,11-13H2,1H3,(H,24,28)(H,22,23,26). The number of esters is 1. The van der Waals surface area contributed by atoms with Gasteiger partial charge in [0.25, 0.3) is 5.56 Å². The Hall–Kier alpha value is -3.62. The minimum absolute atomic E-state index is 0.0503. The van der Waals surface area contributed by atoms with E-state index < -0.39 is 34.6 Å². The molecule has 9 heteroatoms. The smallest absolute Gasteiger partial charge is 0.408 e. The molecule has 3 N–H and O–H groups in total. The van der Waals surface area contributed by atoms with Gasteiger partial charge in [-0.1, -0.05) is 42.5 Å². The first kappa shape index (κ1) is 21.1. The zero-order valence-corrected chi connectivity index (χ0v) is 16.5. The van der Waals surface area contributed by atoms with Crippen molar-refractivity contribution in [1.29, 1.82) is 0 Å². The Labute approximate surface area is 172 Å². The molecule has 1 aliphatic rings. The van der Waals surface area contributed by atoms with Gasteiger partial charge in [-0.2, -0.15) is 0 Å². The predicted octanol–water partition coefficient (Wildman–Crippen LogP) is 2.51. The second-order valence-electron chi connectivity index (χ2n) is 6.82. The SMILES string of the molecule is CCOC(=O)c1nc(C2(NC(=O)OCc3ccccc3)CC=CCC2)[nH]c(=O)c1O. The lowest BCUT2D eigenvalue weighted by Gasteiger charge is -2.34. The number of nitrogens with zero attached hydrogens (tertiary/aromatic N) is 1. The molecule has 1 aromatic carbocycles. The molecule has 1 heterocycles. The molecule has 0 bridgehead atoms. The van der Waals surface area contributed by atoms with Gasteiger partial charge >= 0.3 is 12.1 Å². The first-order valence-electron chi connectivity index (χ1n) is 9.60. The minimum Gasteiger partial charge on any atom is -0.501 e. The summed E-state index contributed by atoms with van der Waals surface area (Å²) in [5.74, 6) is -1.70. The normalized spacial score (nSPS) is 17.9. The lowest BCUT2D eigenvalue weighted by atomic mass is 9.84. The van der Waals surface area contributed by atoms with Gasteiger partial charge in [0.05, 0.1) is 6.61 Å². The zero-order chi connectivity index (χ0) is 21.6. The lowest BCUT2D eigenvalue weighted by molar-refractivity contribution is 0.0514. The van der Waals surface area contributed by atoms with E-state index in [1.807, 2.05) is 42.5 Å². The summed E-state index contributed by atoms with van der Waals surface area (Å²) < 4.78 is 10.2. The van der Waals surface area contributed by atoms with Gasteiger partial charge in [-0.15, -0.1) is 0 Å². The molecule has 0 saturated heterocycles. The zero-order valence-electron chi connectivity index (χ0n) is 16.5. The van der Waals surface area contributed by atoms with Crippen LogP contribution in [0.5, 0.6) is 5.75 Å². The third-order valence-corrected chi connectivity index (χ3v) is 4.74. The van der Waals surface area contributed by atoms with E-state index in [-0.39, 0.29) is 19.0 Å². The molecule has 2 aromatic rings. The van der Waals surface area contributed by atoms with Crippen LogP contribution >= 0.6 is 0 Å². The lowest BCUT2D eigenvalue weighted by Crippen LogP contribution is -2.48. The molecule has 0 radical (unpaired) electrons. The summed E-state index contributed by atoms with van der Waals surface area (Å²) in [5, 5.41) is 12.7. The van der Waals surface area contributed by atoms with Gasteiger partial charge in [-0.25, -0.2) is 14.6 Å². The molecule has 1 unspecified atom stereocenters. The summed E-state index contributed by atoms with van der Waals surface area (Å²) in [4.78, 5) is 43.5. The molecule has 9 nitrogen and oxygen atoms in total. The number of hydrogen-bond acceptors (Lipinski definition) is 7. The van der Waals surface area contributed by atoms with Crippen molar-refractivity contribution in [2.24, 2.45) is 0 Å². The van der Waals surface area contributed by atoms with E-state index in [4.69, 9.17) is 9.47 Å². The van der Waals surface area contributed by atoms with E-state index in [1.165, 1.54) is 0 Å². The number of benzene rings is 1. The van der Waals surface area contributed by atoms with Crippen molar-refractivity contribution < 1.29 is 24.2 Å². The van der Waals surface area contributed by atoms with Crippen LogP contribution in [0.3, 0.4) is 0 Å². The average molecular weight is 413 g/mol. The number of nitrogens with one attached hydrogen (secondary N) is 2. The van der Waals surface area contributed by atoms with E-state index in [0.29, 0.717) is 19.3 Å². The number of aromatic hydroxyl groups is 1. The summed E-state index contributed by atoms with van der Waals surface area (Å²) in [6.07, 6.45) is 4.45. The highest BCUT2D eigenvalue weighted by Gasteiger charge is 2.38. The fraction of sp³-hybridized carbons (Fsp3) is 0.333. The van der Waals surface area contributed by atoms with Gasteiger partial charge < -0.3 is 24.9 Å². The van der Waals surface area contributed by atoms with Crippen LogP contribution in [0.15, 0.2) is 47.3 Å². The molecule has 1 amide bonds. The Bertz CT molecular complexity index is 1000. The highest BCUT2D eigenvalue weighted by molar-refractivity contribution is 5.90. The Balaban J connectivity index is 1.88. The van der Waals surface area contributed by atoms with Crippen molar-refractivity contribution in [2.45, 2.75) is 38.3 Å². The van der Waals surface area contributed by atoms with Gasteiger partial charge in [0.1, 0.15) is 18.0 Å². The molecule has 3 rings (SSSR count). The fourth-order valence-electron chi connectivity index (χ4n) is 3.21. The fourth-order valence-corrected chi connectivity index (χ4v) is 3.21. The second-order valence-corrected chi connectivity index (χ2v) is 6.82. The van der Waals surface area contributed by atoms with Crippen LogP contribution in [0.4, 0.5) is 4.79 Å². The van der Waals surface area contributed by atoms with E-state index in [9.17, 15) is 19.5 Å². The molecule has 0 aliphatic heterocycles. The van der Waals surface area contributed by atoms with Crippen LogP contribution in [-0.2, 0) is 21.6 Å². The number of H-pyrrole nitrogens is 1. The average Bonchev–Trinajstić information content (AvgIpc) is 2.75. The minimum atomic E-state index is -1.10. The second kappa shape index (κ2) is 9.25. The molecule has 0 fully saturated rings. The molecule has 0 saturated carbocycles. The summed E-state index contributed by atoms with van der Waals surface area (Å²) in [6.45, 7) is 1.73. The first-order valence-corrected chi connectivity index (χ1v) is 9.60. The summed E-state index contributed by atoms with van der Waals surface area (Å²) in [6, 6.07) is 9.20. The number of aromatic nitrogens is 2. The summed E-state index contributed by atoms with van der Waals surface area (Å²) in [7, 11) is 0. The molecule has 1 aromatic heterocycles. The van der Waals surface area contributed by atoms with Crippen molar-refractivity contribution in [3.8, 4) is 5.75 Å².